The topological polar surface area (TPSA) is 42.9 Å². The summed E-state index contributed by atoms with van der Waals surface area (Å²) >= 11 is 0. The van der Waals surface area contributed by atoms with Crippen molar-refractivity contribution in [1.29, 1.82) is 0 Å². The van der Waals surface area contributed by atoms with Crippen LogP contribution in [0.3, 0.4) is 0 Å². The molecule has 0 fully saturated rings. The van der Waals surface area contributed by atoms with E-state index < -0.39 is 0 Å². The van der Waals surface area contributed by atoms with E-state index in [-0.39, 0.29) is 0 Å². The molecule has 160 valence electrons. The van der Waals surface area contributed by atoms with E-state index in [1.165, 1.54) is 12.8 Å². The molecule has 1 aromatic heterocycles. The van der Waals surface area contributed by atoms with Crippen LogP contribution in [0.5, 0.6) is 11.5 Å². The number of ether oxygens (including phenoxy) is 2. The number of benzene rings is 1. The van der Waals surface area contributed by atoms with Crippen molar-refractivity contribution >= 4 is 10.8 Å². The van der Waals surface area contributed by atoms with Gasteiger partial charge in [0.25, 0.3) is 6.61 Å². The van der Waals surface area contributed by atoms with Gasteiger partial charge in [0.2, 0.25) is 0 Å². The van der Waals surface area contributed by atoms with Crippen molar-refractivity contribution in [1.82, 2.24) is 0 Å². The van der Waals surface area contributed by atoms with Crippen molar-refractivity contribution in [3.8, 4) is 22.6 Å². The van der Waals surface area contributed by atoms with Crippen molar-refractivity contribution in [3.63, 3.8) is 0 Å². The summed E-state index contributed by atoms with van der Waals surface area (Å²) in [5, 5.41) is 1.94. The van der Waals surface area contributed by atoms with E-state index in [4.69, 9.17) is 18.3 Å². The lowest BCUT2D eigenvalue weighted by molar-refractivity contribution is 0.306. The first-order valence-corrected chi connectivity index (χ1v) is 11.0. The summed E-state index contributed by atoms with van der Waals surface area (Å²) in [7, 11) is 0. The highest BCUT2D eigenvalue weighted by Gasteiger charge is 2.19. The normalized spacial score (nSPS) is 11.8. The fourth-order valence-electron chi connectivity index (χ4n) is 3.74. The van der Waals surface area contributed by atoms with Gasteiger partial charge in [0, 0.05) is 6.92 Å². The first-order chi connectivity index (χ1) is 14.6. The molecular weight excluding hydrogens is 376 g/mol. The molecule has 0 radical (unpaired) electrons. The molecular formula is C26H33O4+. The average molecular weight is 410 g/mol. The van der Waals surface area contributed by atoms with Crippen LogP contribution in [-0.4, -0.2) is 19.8 Å². The van der Waals surface area contributed by atoms with Crippen LogP contribution in [0, 0.1) is 13.8 Å². The van der Waals surface area contributed by atoms with E-state index in [1.807, 2.05) is 39.8 Å². The Kier molecular flexibility index (Phi) is 7.56. The van der Waals surface area contributed by atoms with Gasteiger partial charge in [0.05, 0.1) is 24.7 Å². The van der Waals surface area contributed by atoms with Gasteiger partial charge in [-0.25, -0.2) is 0 Å². The van der Waals surface area contributed by atoms with E-state index in [2.05, 4.69) is 31.2 Å². The van der Waals surface area contributed by atoms with Crippen LogP contribution in [0.25, 0.3) is 21.9 Å². The van der Waals surface area contributed by atoms with Crippen molar-refractivity contribution in [2.45, 2.75) is 53.9 Å². The van der Waals surface area contributed by atoms with Gasteiger partial charge in [0.15, 0.2) is 0 Å². The molecule has 3 aromatic rings. The lowest BCUT2D eigenvalue weighted by Crippen LogP contribution is -2.01. The van der Waals surface area contributed by atoms with Gasteiger partial charge in [0.1, 0.15) is 28.4 Å². The van der Waals surface area contributed by atoms with Crippen LogP contribution in [0.2, 0.25) is 0 Å². The molecule has 0 saturated carbocycles. The second-order valence-corrected chi connectivity index (χ2v) is 7.38. The number of furan rings is 1. The number of aryl methyl sites for hydroxylation is 2. The minimum atomic E-state index is 0.580. The Hall–Kier alpha value is -2.75. The summed E-state index contributed by atoms with van der Waals surface area (Å²) in [6.45, 7) is 12.0. The molecule has 0 unspecified atom stereocenters. The molecule has 0 atom stereocenters. The zero-order valence-electron chi connectivity index (χ0n) is 18.8. The number of fused-ring (bicyclic) bond motifs is 1. The Morgan fingerprint density at radius 2 is 1.57 bits per heavy atom. The van der Waals surface area contributed by atoms with E-state index in [0.717, 1.165) is 63.4 Å². The largest absolute Gasteiger partial charge is 0.494 e. The predicted molar refractivity (Wildman–Crippen MR) is 124 cm³/mol. The lowest BCUT2D eigenvalue weighted by Gasteiger charge is -2.07. The van der Waals surface area contributed by atoms with Crippen molar-refractivity contribution in [2.75, 3.05) is 19.8 Å². The zero-order valence-corrected chi connectivity index (χ0v) is 18.8. The Bertz CT molecular complexity index is 1050. The second kappa shape index (κ2) is 10.3. The van der Waals surface area contributed by atoms with Crippen molar-refractivity contribution < 1.29 is 13.9 Å². The molecule has 0 aliphatic heterocycles. The molecule has 0 amide bonds. The molecule has 3 rings (SSSR count). The van der Waals surface area contributed by atoms with Gasteiger partial charge in [-0.1, -0.05) is 31.9 Å². The van der Waals surface area contributed by atoms with Crippen molar-refractivity contribution in [2.24, 2.45) is 0 Å². The lowest BCUT2D eigenvalue weighted by atomic mass is 10.1. The first kappa shape index (κ1) is 21.9. The van der Waals surface area contributed by atoms with Crippen LogP contribution in [0.4, 0.5) is 0 Å². The molecule has 0 bridgehead atoms. The quantitative estimate of drug-likeness (QED) is 0.295. The zero-order chi connectivity index (χ0) is 21.5. The van der Waals surface area contributed by atoms with Crippen LogP contribution in [-0.2, 0) is 0 Å². The molecule has 0 aliphatic rings. The summed E-state index contributed by atoms with van der Waals surface area (Å²) in [4.78, 5) is 0. The van der Waals surface area contributed by atoms with E-state index >= 15 is 0 Å². The van der Waals surface area contributed by atoms with Gasteiger partial charge < -0.3 is 13.9 Å². The molecule has 4 heteroatoms. The number of rotatable bonds is 9. The third kappa shape index (κ3) is 4.86. The maximum absolute atomic E-state index is 6.03. The molecule has 2 aromatic carbocycles. The fourth-order valence-corrected chi connectivity index (χ4v) is 3.74. The highest BCUT2D eigenvalue weighted by molar-refractivity contribution is 5.93. The molecule has 0 N–H and O–H groups in total. The Labute approximate surface area is 179 Å². The number of hydrogen-bond donors (Lipinski definition) is 0. The maximum Gasteiger partial charge on any atom is 0.355 e. The van der Waals surface area contributed by atoms with E-state index in [1.54, 1.807) is 0 Å². The van der Waals surface area contributed by atoms with Crippen LogP contribution < -0.4 is 14.9 Å². The summed E-state index contributed by atoms with van der Waals surface area (Å²) < 4.78 is 23.8. The van der Waals surface area contributed by atoms with E-state index in [0.29, 0.717) is 13.2 Å². The molecule has 0 aliphatic carbocycles. The van der Waals surface area contributed by atoms with Crippen LogP contribution in [0.1, 0.15) is 51.6 Å². The summed E-state index contributed by atoms with van der Waals surface area (Å²) in [5.74, 6) is 3.38. The summed E-state index contributed by atoms with van der Waals surface area (Å²) in [5.41, 5.74) is 2.93. The van der Waals surface area contributed by atoms with E-state index in [9.17, 15) is 0 Å². The highest BCUT2D eigenvalue weighted by Crippen LogP contribution is 2.34. The SMILES string of the molecule is CCCCCOc1ccc(-c2cc(OCC)c3c(C)oc(C)c3c(=[O+]CC)c2)cc1. The van der Waals surface area contributed by atoms with Crippen LogP contribution >= 0.6 is 0 Å². The molecule has 1 heterocycles. The van der Waals surface area contributed by atoms with Gasteiger partial charge in [-0.05, 0) is 56.5 Å². The van der Waals surface area contributed by atoms with Crippen LogP contribution in [0.15, 0.2) is 45.2 Å². The fraction of sp³-hybridized carbons (Fsp3) is 0.423. The maximum atomic E-state index is 6.03. The minimum absolute atomic E-state index is 0.580. The predicted octanol–water partition coefficient (Wildman–Crippen LogP) is 6.60. The Morgan fingerprint density at radius 3 is 2.23 bits per heavy atom. The first-order valence-electron chi connectivity index (χ1n) is 11.0. The minimum Gasteiger partial charge on any atom is -0.494 e. The Balaban J connectivity index is 2.09. The molecule has 0 spiro atoms. The summed E-state index contributed by atoms with van der Waals surface area (Å²) in [6.07, 6.45) is 3.47. The van der Waals surface area contributed by atoms with Gasteiger partial charge in [-0.15, -0.1) is 0 Å². The Morgan fingerprint density at radius 1 is 0.833 bits per heavy atom. The highest BCUT2D eigenvalue weighted by atomic mass is 16.5. The number of unbranched alkanes of at least 4 members (excludes halogenated alkanes) is 2. The monoisotopic (exact) mass is 409 g/mol. The third-order valence-electron chi connectivity index (χ3n) is 5.13. The van der Waals surface area contributed by atoms with Crippen molar-refractivity contribution in [3.05, 3.63) is 57.8 Å². The van der Waals surface area contributed by atoms with Gasteiger partial charge in [-0.2, -0.15) is 0 Å². The standard InChI is InChI=1S/C26H33O4/c1-6-9-10-15-29-22-13-11-20(12-14-22)21-16-23(27-7-2)25-18(4)30-19(5)26(25)24(17-21)28-8-3/h11-14,16-17H,6-10,15H2,1-5H3/q+1. The van der Waals surface area contributed by atoms with Gasteiger partial charge >= 0.3 is 5.43 Å². The summed E-state index contributed by atoms with van der Waals surface area (Å²) in [6, 6.07) is 12.4. The smallest absolute Gasteiger partial charge is 0.355 e. The molecule has 0 saturated heterocycles. The second-order valence-electron chi connectivity index (χ2n) is 7.38. The third-order valence-corrected chi connectivity index (χ3v) is 5.13. The molecule has 4 nitrogen and oxygen atoms in total. The number of hydrogen-bond acceptors (Lipinski definition) is 3. The van der Waals surface area contributed by atoms with Gasteiger partial charge in [-0.3, -0.25) is 4.42 Å². The average Bonchev–Trinajstić information content (AvgIpc) is 2.93. The molecule has 30 heavy (non-hydrogen) atoms.